The first-order valence-electron chi connectivity index (χ1n) is 23.7. The van der Waals surface area contributed by atoms with Gasteiger partial charge in [-0.15, -0.1) is 0 Å². The van der Waals surface area contributed by atoms with Crippen LogP contribution in [0.3, 0.4) is 0 Å². The molecule has 350 valence electrons. The Morgan fingerprint density at radius 2 is 1.66 bits per heavy atom. The molecule has 1 N–H and O–H groups in total. The average Bonchev–Trinajstić information content (AvgIpc) is 4.04. The lowest BCUT2D eigenvalue weighted by Crippen LogP contribution is -2.62. The van der Waals surface area contributed by atoms with Crippen molar-refractivity contribution in [3.05, 3.63) is 54.1 Å². The largest absolute Gasteiger partial charge is 0.497 e. The van der Waals surface area contributed by atoms with Crippen LogP contribution in [0.1, 0.15) is 96.3 Å². The van der Waals surface area contributed by atoms with Gasteiger partial charge in [-0.25, -0.2) is 0 Å². The van der Waals surface area contributed by atoms with Crippen LogP contribution in [0, 0.1) is 5.92 Å². The number of esters is 1. The zero-order chi connectivity index (χ0) is 43.7. The first kappa shape index (κ1) is 42.8. The molecule has 13 rings (SSSR count). The van der Waals surface area contributed by atoms with E-state index in [1.807, 2.05) is 24.3 Å². The van der Waals surface area contributed by atoms with Crippen molar-refractivity contribution in [2.45, 2.75) is 206 Å². The standard InChI is InChI=1S/C48H62O16/c1-23-16-28(53-22-23)12-14-47-45-48(64-44(59-45)26-6-8-27(51-5)9-7-26)43(63-47)42-41(62-48)40(61-47)39-30(58-42)11-10-29(54-39)17-38(49)57-35-19-33-34(20-36-37(56-33)21-46(4,50)60-36)55-32(35)18-31-25(3)24(2)13-15-52-31/h6-9,24,28-37,39-45,50H,1,3,10-22H2,2,4-5H3/t24-,28?,29?,30?,31?,32+,33?,34+,35?,36?,37?,39+,40?,41-,42?,43+,44?,45?,46?,47-,48-/m1/s1. The molecule has 12 fully saturated rings. The highest BCUT2D eigenvalue weighted by Crippen LogP contribution is 2.64. The van der Waals surface area contributed by atoms with Crippen molar-refractivity contribution in [1.82, 2.24) is 0 Å². The number of rotatable bonds is 10. The molecule has 0 radical (unpaired) electrons. The summed E-state index contributed by atoms with van der Waals surface area (Å²) in [6.45, 7) is 13.5. The van der Waals surface area contributed by atoms with Gasteiger partial charge >= 0.3 is 5.97 Å². The predicted octanol–water partition coefficient (Wildman–Crippen LogP) is 4.62. The van der Waals surface area contributed by atoms with E-state index in [1.54, 1.807) is 14.0 Å². The molecule has 1 aromatic rings. The van der Waals surface area contributed by atoms with Crippen LogP contribution >= 0.6 is 0 Å². The van der Waals surface area contributed by atoms with Gasteiger partial charge in [-0.2, -0.15) is 0 Å². The quantitative estimate of drug-likeness (QED) is 0.255. The Bertz CT molecular complexity index is 1980. The molecule has 21 atom stereocenters. The van der Waals surface area contributed by atoms with E-state index >= 15 is 0 Å². The van der Waals surface area contributed by atoms with Crippen LogP contribution < -0.4 is 4.74 Å². The molecule has 12 aliphatic heterocycles. The fourth-order valence-corrected chi connectivity index (χ4v) is 12.7. The second kappa shape index (κ2) is 16.0. The van der Waals surface area contributed by atoms with Gasteiger partial charge in [-0.1, -0.05) is 32.2 Å². The molecule has 1 aromatic carbocycles. The van der Waals surface area contributed by atoms with Crippen molar-refractivity contribution in [3.63, 3.8) is 0 Å². The number of ether oxygens (including phenoxy) is 14. The van der Waals surface area contributed by atoms with Crippen LogP contribution in [-0.2, 0) is 66.4 Å². The van der Waals surface area contributed by atoms with Crippen LogP contribution in [0.4, 0.5) is 0 Å². The maximum Gasteiger partial charge on any atom is 0.308 e. The third-order valence-electron chi connectivity index (χ3n) is 15.9. The van der Waals surface area contributed by atoms with Crippen molar-refractivity contribution in [1.29, 1.82) is 0 Å². The van der Waals surface area contributed by atoms with E-state index in [9.17, 15) is 9.90 Å². The van der Waals surface area contributed by atoms with Gasteiger partial charge in [-0.05, 0) is 68.2 Å². The summed E-state index contributed by atoms with van der Waals surface area (Å²) in [6, 6.07) is 7.61. The Morgan fingerprint density at radius 1 is 0.828 bits per heavy atom. The molecule has 12 aliphatic rings. The monoisotopic (exact) mass is 894 g/mol. The number of methoxy groups -OCH3 is 1. The minimum atomic E-state index is -1.28. The Labute approximate surface area is 373 Å². The van der Waals surface area contributed by atoms with E-state index in [0.29, 0.717) is 70.5 Å². The average molecular weight is 895 g/mol. The third kappa shape index (κ3) is 7.24. The van der Waals surface area contributed by atoms with Gasteiger partial charge in [0.1, 0.15) is 42.4 Å². The minimum absolute atomic E-state index is 0.0278. The van der Waals surface area contributed by atoms with Crippen molar-refractivity contribution < 1.29 is 76.2 Å². The van der Waals surface area contributed by atoms with Crippen LogP contribution in [0.2, 0.25) is 0 Å². The smallest absolute Gasteiger partial charge is 0.308 e. The second-order valence-corrected chi connectivity index (χ2v) is 20.4. The Balaban J connectivity index is 0.758. The van der Waals surface area contributed by atoms with E-state index in [4.69, 9.17) is 66.3 Å². The Morgan fingerprint density at radius 3 is 2.47 bits per heavy atom. The van der Waals surface area contributed by atoms with E-state index in [1.165, 1.54) is 0 Å². The minimum Gasteiger partial charge on any atom is -0.497 e. The number of benzene rings is 1. The summed E-state index contributed by atoms with van der Waals surface area (Å²) >= 11 is 0. The lowest BCUT2D eigenvalue weighted by molar-refractivity contribution is -0.329. The molecular weight excluding hydrogens is 833 g/mol. The second-order valence-electron chi connectivity index (χ2n) is 20.4. The van der Waals surface area contributed by atoms with Crippen molar-refractivity contribution in [2.24, 2.45) is 5.92 Å². The van der Waals surface area contributed by atoms with Crippen LogP contribution in [0.25, 0.3) is 0 Å². The zero-order valence-electron chi connectivity index (χ0n) is 36.9. The lowest BCUT2D eigenvalue weighted by atomic mass is 9.85. The number of carbonyl (C=O) groups excluding carboxylic acids is 1. The molecule has 12 heterocycles. The molecule has 13 unspecified atom stereocenters. The van der Waals surface area contributed by atoms with Gasteiger partial charge in [0.15, 0.2) is 18.2 Å². The van der Waals surface area contributed by atoms with E-state index in [-0.39, 0.29) is 55.1 Å². The molecule has 0 aromatic heterocycles. The summed E-state index contributed by atoms with van der Waals surface area (Å²) in [4.78, 5) is 14.1. The Hall–Kier alpha value is -2.55. The lowest BCUT2D eigenvalue weighted by Gasteiger charge is -2.48. The molecule has 16 nitrogen and oxygen atoms in total. The highest BCUT2D eigenvalue weighted by atomic mass is 16.9. The number of aliphatic hydroxyl groups is 1. The summed E-state index contributed by atoms with van der Waals surface area (Å²) in [5.41, 5.74) is 2.91. The topological polar surface area (TPSA) is 167 Å². The number of hydrogen-bond donors (Lipinski definition) is 1. The van der Waals surface area contributed by atoms with Gasteiger partial charge in [-0.3, -0.25) is 4.79 Å². The van der Waals surface area contributed by atoms with Crippen LogP contribution in [0.15, 0.2) is 48.6 Å². The van der Waals surface area contributed by atoms with E-state index in [0.717, 1.165) is 35.3 Å². The first-order chi connectivity index (χ1) is 30.9. The van der Waals surface area contributed by atoms with Crippen molar-refractivity contribution >= 4 is 5.97 Å². The zero-order valence-corrected chi connectivity index (χ0v) is 36.9. The fourth-order valence-electron chi connectivity index (χ4n) is 12.7. The molecule has 0 amide bonds. The van der Waals surface area contributed by atoms with Gasteiger partial charge in [0.2, 0.25) is 11.6 Å². The summed E-state index contributed by atoms with van der Waals surface area (Å²) in [5.74, 6) is -3.12. The number of fused-ring (bicyclic) bond motifs is 3. The third-order valence-corrected chi connectivity index (χ3v) is 15.9. The highest BCUT2D eigenvalue weighted by Gasteiger charge is 2.83. The molecule has 64 heavy (non-hydrogen) atoms. The molecule has 1 spiro atoms. The van der Waals surface area contributed by atoms with E-state index in [2.05, 4.69) is 20.1 Å². The molecule has 12 saturated heterocycles. The van der Waals surface area contributed by atoms with Crippen molar-refractivity contribution in [2.75, 3.05) is 20.3 Å². The van der Waals surface area contributed by atoms with Gasteiger partial charge in [0.25, 0.3) is 0 Å². The molecule has 0 saturated carbocycles. The maximum absolute atomic E-state index is 14.1. The summed E-state index contributed by atoms with van der Waals surface area (Å²) in [7, 11) is 1.63. The molecular formula is C48H62O16. The normalized spacial score (nSPS) is 51.0. The molecule has 0 aliphatic carbocycles. The number of hydrogen-bond acceptors (Lipinski definition) is 16. The Kier molecular flexibility index (Phi) is 10.7. The van der Waals surface area contributed by atoms with Gasteiger partial charge in [0.05, 0.1) is 75.1 Å². The fraction of sp³-hybridized carbons (Fsp3) is 0.771. The highest BCUT2D eigenvalue weighted by molar-refractivity contribution is 5.70. The molecule has 6 bridgehead atoms. The summed E-state index contributed by atoms with van der Waals surface area (Å²) in [6.07, 6.45) is -1.49. The van der Waals surface area contributed by atoms with Gasteiger partial charge in [0, 0.05) is 44.3 Å². The molecule has 16 heteroatoms. The summed E-state index contributed by atoms with van der Waals surface area (Å²) < 4.78 is 91.8. The number of carbonyl (C=O) groups is 1. The van der Waals surface area contributed by atoms with Gasteiger partial charge < -0.3 is 71.4 Å². The SMILES string of the molecule is C=C1COC(CC[C@]23OC4[C@H]5O[C@@]6(OC(c7ccc(OC)cc7)OC26)[C@@H](O3)C5OC2CCC(CC(=O)OC3CC5OC6CC(C)(O)OC6C[C@@H]5O[C@H]3CC3OCC[C@@H](C)C3=C)O[C@@H]24)C1. The van der Waals surface area contributed by atoms with Crippen LogP contribution in [0.5, 0.6) is 5.75 Å². The summed E-state index contributed by atoms with van der Waals surface area (Å²) in [5, 5.41) is 10.7. The van der Waals surface area contributed by atoms with Crippen LogP contribution in [-0.4, -0.2) is 146 Å². The predicted molar refractivity (Wildman–Crippen MR) is 220 cm³/mol. The first-order valence-corrected chi connectivity index (χ1v) is 23.7. The van der Waals surface area contributed by atoms with Crippen molar-refractivity contribution in [3.8, 4) is 5.75 Å². The maximum atomic E-state index is 14.1. The van der Waals surface area contributed by atoms with E-state index < -0.39 is 78.6 Å².